The first-order valence-corrected chi connectivity index (χ1v) is 6.75. The lowest BCUT2D eigenvalue weighted by Crippen LogP contribution is -2.48. The molecule has 0 aromatic heterocycles. The van der Waals surface area contributed by atoms with Crippen LogP contribution in [0.25, 0.3) is 0 Å². The highest BCUT2D eigenvalue weighted by molar-refractivity contribution is 9.10. The van der Waals surface area contributed by atoms with E-state index in [2.05, 4.69) is 15.9 Å². The molecule has 0 saturated heterocycles. The van der Waals surface area contributed by atoms with Gasteiger partial charge in [0.05, 0.1) is 5.54 Å². The number of rotatable bonds is 5. The van der Waals surface area contributed by atoms with Gasteiger partial charge in [0.2, 0.25) is 0 Å². The molecule has 1 unspecified atom stereocenters. The Balaban J connectivity index is 2.97. The maximum Gasteiger partial charge on any atom is 0.157 e. The predicted molar refractivity (Wildman–Crippen MR) is 75.2 cm³/mol. The monoisotopic (exact) mass is 315 g/mol. The van der Waals surface area contributed by atoms with Gasteiger partial charge in [-0.1, -0.05) is 22.9 Å². The Hall–Kier alpha value is -0.740. The molecule has 0 spiro atoms. The van der Waals surface area contributed by atoms with Gasteiger partial charge in [0.15, 0.2) is 5.78 Å². The van der Waals surface area contributed by atoms with Crippen LogP contribution >= 0.6 is 15.9 Å². The van der Waals surface area contributed by atoms with Crippen molar-refractivity contribution < 1.29 is 9.18 Å². The summed E-state index contributed by atoms with van der Waals surface area (Å²) in [4.78, 5) is 14.3. The van der Waals surface area contributed by atoms with Gasteiger partial charge in [-0.25, -0.2) is 4.39 Å². The molecule has 0 heterocycles. The van der Waals surface area contributed by atoms with Crippen molar-refractivity contribution in [2.75, 3.05) is 14.1 Å². The lowest BCUT2D eigenvalue weighted by atomic mass is 9.88. The van der Waals surface area contributed by atoms with Crippen LogP contribution < -0.4 is 0 Å². The van der Waals surface area contributed by atoms with E-state index in [1.54, 1.807) is 6.07 Å². The number of hydrogen-bond donors (Lipinski definition) is 0. The van der Waals surface area contributed by atoms with Crippen LogP contribution in [0, 0.1) is 5.82 Å². The van der Waals surface area contributed by atoms with Gasteiger partial charge in [-0.15, -0.1) is 0 Å². The van der Waals surface area contributed by atoms with Crippen LogP contribution in [0.4, 0.5) is 4.39 Å². The first-order valence-electron chi connectivity index (χ1n) is 5.96. The van der Waals surface area contributed by atoms with Crippen molar-refractivity contribution in [2.45, 2.75) is 32.2 Å². The summed E-state index contributed by atoms with van der Waals surface area (Å²) in [6, 6.07) is 4.42. The van der Waals surface area contributed by atoms with Crippen molar-refractivity contribution in [3.63, 3.8) is 0 Å². The van der Waals surface area contributed by atoms with E-state index in [9.17, 15) is 9.18 Å². The second kappa shape index (κ2) is 5.93. The molecular weight excluding hydrogens is 297 g/mol. The Morgan fingerprint density at radius 3 is 2.56 bits per heavy atom. The summed E-state index contributed by atoms with van der Waals surface area (Å²) >= 11 is 3.35. The van der Waals surface area contributed by atoms with Crippen molar-refractivity contribution in [1.29, 1.82) is 0 Å². The fourth-order valence-electron chi connectivity index (χ4n) is 1.80. The molecule has 1 atom stereocenters. The van der Waals surface area contributed by atoms with E-state index in [4.69, 9.17) is 0 Å². The first-order chi connectivity index (χ1) is 8.31. The average molecular weight is 316 g/mol. The number of carbonyl (C=O) groups is 1. The number of ketones is 1. The minimum Gasteiger partial charge on any atom is -0.297 e. The molecule has 0 aliphatic heterocycles. The van der Waals surface area contributed by atoms with Crippen LogP contribution in [-0.4, -0.2) is 30.3 Å². The summed E-state index contributed by atoms with van der Waals surface area (Å²) in [6.07, 6.45) is 0.965. The quantitative estimate of drug-likeness (QED) is 0.829. The molecule has 0 radical (unpaired) electrons. The van der Waals surface area contributed by atoms with Gasteiger partial charge >= 0.3 is 0 Å². The highest BCUT2D eigenvalue weighted by atomic mass is 79.9. The Labute approximate surface area is 116 Å². The van der Waals surface area contributed by atoms with Gasteiger partial charge in [-0.05, 0) is 51.2 Å². The SMILES string of the molecule is CCC(C)(C(=O)Cc1cc(F)ccc1Br)N(C)C. The minimum atomic E-state index is -0.508. The summed E-state index contributed by atoms with van der Waals surface area (Å²) in [5.74, 6) is -0.217. The molecule has 0 saturated carbocycles. The average Bonchev–Trinajstić information content (AvgIpc) is 2.32. The first kappa shape index (κ1) is 15.3. The predicted octanol–water partition coefficient (Wildman–Crippen LogP) is 3.43. The zero-order chi connectivity index (χ0) is 13.9. The number of halogens is 2. The molecule has 0 aliphatic rings. The molecule has 0 amide bonds. The van der Waals surface area contributed by atoms with Crippen molar-refractivity contribution in [3.05, 3.63) is 34.1 Å². The van der Waals surface area contributed by atoms with Crippen molar-refractivity contribution in [3.8, 4) is 0 Å². The van der Waals surface area contributed by atoms with Gasteiger partial charge in [0.1, 0.15) is 5.82 Å². The topological polar surface area (TPSA) is 20.3 Å². The van der Waals surface area contributed by atoms with Crippen LogP contribution in [0.2, 0.25) is 0 Å². The van der Waals surface area contributed by atoms with E-state index < -0.39 is 5.54 Å². The van der Waals surface area contributed by atoms with Crippen molar-refractivity contribution in [1.82, 2.24) is 4.90 Å². The molecule has 0 aliphatic carbocycles. The number of Topliss-reactive ketones (excluding diaryl/α,β-unsaturated/α-hetero) is 1. The Kier molecular flexibility index (Phi) is 5.05. The Morgan fingerprint density at radius 2 is 2.06 bits per heavy atom. The van der Waals surface area contributed by atoms with Gasteiger partial charge < -0.3 is 0 Å². The third-order valence-electron chi connectivity index (χ3n) is 3.63. The molecular formula is C14H19BrFNO. The number of likely N-dealkylation sites (N-methyl/N-ethyl adjacent to an activating group) is 1. The molecule has 0 bridgehead atoms. The van der Waals surface area contributed by atoms with E-state index >= 15 is 0 Å². The maximum absolute atomic E-state index is 13.2. The summed E-state index contributed by atoms with van der Waals surface area (Å²) in [6.45, 7) is 3.90. The van der Waals surface area contributed by atoms with Gasteiger partial charge in [0, 0.05) is 10.9 Å². The molecule has 1 aromatic carbocycles. The van der Waals surface area contributed by atoms with Crippen molar-refractivity contribution >= 4 is 21.7 Å². The van der Waals surface area contributed by atoms with Crippen LogP contribution in [0.15, 0.2) is 22.7 Å². The molecule has 0 fully saturated rings. The summed E-state index contributed by atoms with van der Waals surface area (Å²) in [5.41, 5.74) is 0.188. The fraction of sp³-hybridized carbons (Fsp3) is 0.500. The fourth-order valence-corrected chi connectivity index (χ4v) is 2.19. The Morgan fingerprint density at radius 1 is 1.44 bits per heavy atom. The molecule has 4 heteroatoms. The van der Waals surface area contributed by atoms with Gasteiger partial charge in [-0.2, -0.15) is 0 Å². The zero-order valence-electron chi connectivity index (χ0n) is 11.3. The second-order valence-corrected chi connectivity index (χ2v) is 5.71. The van der Waals surface area contributed by atoms with Gasteiger partial charge in [0.25, 0.3) is 0 Å². The highest BCUT2D eigenvalue weighted by Gasteiger charge is 2.33. The molecule has 18 heavy (non-hydrogen) atoms. The van der Waals surface area contributed by atoms with Gasteiger partial charge in [-0.3, -0.25) is 9.69 Å². The normalized spacial score (nSPS) is 14.6. The number of carbonyl (C=O) groups excluding carboxylic acids is 1. The van der Waals surface area contributed by atoms with Crippen LogP contribution in [0.3, 0.4) is 0 Å². The van der Waals surface area contributed by atoms with Crippen molar-refractivity contribution in [2.24, 2.45) is 0 Å². The maximum atomic E-state index is 13.2. The third-order valence-corrected chi connectivity index (χ3v) is 4.41. The summed E-state index contributed by atoms with van der Waals surface area (Å²) in [5, 5.41) is 0. The standard InChI is InChI=1S/C14H19BrFNO/c1-5-14(2,17(3)4)13(18)9-10-8-11(16)6-7-12(10)15/h6-8H,5,9H2,1-4H3. The van der Waals surface area contributed by atoms with Crippen LogP contribution in [0.1, 0.15) is 25.8 Å². The van der Waals surface area contributed by atoms with E-state index in [-0.39, 0.29) is 18.0 Å². The number of benzene rings is 1. The Bertz CT molecular complexity index is 447. The molecule has 2 nitrogen and oxygen atoms in total. The lowest BCUT2D eigenvalue weighted by molar-refractivity contribution is -0.128. The zero-order valence-corrected chi connectivity index (χ0v) is 12.8. The highest BCUT2D eigenvalue weighted by Crippen LogP contribution is 2.24. The minimum absolute atomic E-state index is 0.0984. The van der Waals surface area contributed by atoms with E-state index in [0.717, 1.165) is 10.9 Å². The van der Waals surface area contributed by atoms with E-state index in [1.165, 1.54) is 12.1 Å². The second-order valence-electron chi connectivity index (χ2n) is 4.86. The third kappa shape index (κ3) is 3.18. The molecule has 1 rings (SSSR count). The number of nitrogens with zero attached hydrogens (tertiary/aromatic N) is 1. The molecule has 1 aromatic rings. The molecule has 0 N–H and O–H groups in total. The summed E-state index contributed by atoms with van der Waals surface area (Å²) in [7, 11) is 3.78. The van der Waals surface area contributed by atoms with E-state index in [1.807, 2.05) is 32.8 Å². The largest absolute Gasteiger partial charge is 0.297 e. The lowest BCUT2D eigenvalue weighted by Gasteiger charge is -2.34. The molecule has 100 valence electrons. The summed E-state index contributed by atoms with van der Waals surface area (Å²) < 4.78 is 14.0. The van der Waals surface area contributed by atoms with Crippen LogP contribution in [-0.2, 0) is 11.2 Å². The smallest absolute Gasteiger partial charge is 0.157 e. The van der Waals surface area contributed by atoms with Crippen LogP contribution in [0.5, 0.6) is 0 Å². The van der Waals surface area contributed by atoms with E-state index in [0.29, 0.717) is 5.56 Å². The number of hydrogen-bond acceptors (Lipinski definition) is 2.